The van der Waals surface area contributed by atoms with Crippen LogP contribution in [0, 0.1) is 5.92 Å². The van der Waals surface area contributed by atoms with Gasteiger partial charge in [0.1, 0.15) is 0 Å². The molecule has 0 amide bonds. The predicted octanol–water partition coefficient (Wildman–Crippen LogP) is 0.866. The number of aliphatic carboxylic acids is 1. The van der Waals surface area contributed by atoms with Gasteiger partial charge >= 0.3 is 5.97 Å². The Hall–Kier alpha value is -0.610. The molecule has 2 N–H and O–H groups in total. The molecule has 4 nitrogen and oxygen atoms in total. The first kappa shape index (κ1) is 11.5. The SMILES string of the molecule is CCC(CNCC1CCCO1)C(=O)O. The summed E-state index contributed by atoms with van der Waals surface area (Å²) in [5, 5.41) is 11.9. The standard InChI is InChI=1S/C10H19NO3/c1-2-8(10(12)13)6-11-7-9-4-3-5-14-9/h8-9,11H,2-7H2,1H3,(H,12,13). The molecule has 1 heterocycles. The Kier molecular flexibility index (Phi) is 4.90. The Morgan fingerprint density at radius 3 is 3.00 bits per heavy atom. The van der Waals surface area contributed by atoms with Gasteiger partial charge in [0, 0.05) is 19.7 Å². The van der Waals surface area contributed by atoms with Crippen molar-refractivity contribution in [1.29, 1.82) is 0 Å². The molecule has 0 aromatic rings. The third kappa shape index (κ3) is 3.64. The quantitative estimate of drug-likeness (QED) is 0.669. The molecule has 0 spiro atoms. The first-order valence-corrected chi connectivity index (χ1v) is 5.29. The number of carboxylic acid groups (broad SMARTS) is 1. The summed E-state index contributed by atoms with van der Waals surface area (Å²) in [6.07, 6.45) is 3.19. The largest absolute Gasteiger partial charge is 0.481 e. The smallest absolute Gasteiger partial charge is 0.307 e. The Morgan fingerprint density at radius 2 is 2.50 bits per heavy atom. The van der Waals surface area contributed by atoms with E-state index in [2.05, 4.69) is 5.32 Å². The number of hydrogen-bond donors (Lipinski definition) is 2. The fourth-order valence-corrected chi connectivity index (χ4v) is 1.63. The van der Waals surface area contributed by atoms with E-state index in [1.165, 1.54) is 0 Å². The van der Waals surface area contributed by atoms with Crippen LogP contribution in [0.5, 0.6) is 0 Å². The number of ether oxygens (including phenoxy) is 1. The van der Waals surface area contributed by atoms with E-state index in [1.54, 1.807) is 0 Å². The van der Waals surface area contributed by atoms with Gasteiger partial charge in [-0.1, -0.05) is 6.92 Å². The number of hydrogen-bond acceptors (Lipinski definition) is 3. The van der Waals surface area contributed by atoms with Gasteiger partial charge < -0.3 is 15.2 Å². The maximum Gasteiger partial charge on any atom is 0.307 e. The third-order valence-electron chi connectivity index (χ3n) is 2.63. The van der Waals surface area contributed by atoms with Gasteiger partial charge in [-0.05, 0) is 19.3 Å². The Labute approximate surface area is 84.6 Å². The van der Waals surface area contributed by atoms with Crippen LogP contribution in [-0.4, -0.2) is 36.9 Å². The number of rotatable bonds is 6. The van der Waals surface area contributed by atoms with Crippen molar-refractivity contribution in [3.63, 3.8) is 0 Å². The van der Waals surface area contributed by atoms with Crippen LogP contribution >= 0.6 is 0 Å². The lowest BCUT2D eigenvalue weighted by atomic mass is 10.1. The summed E-state index contributed by atoms with van der Waals surface area (Å²) in [4.78, 5) is 10.7. The zero-order chi connectivity index (χ0) is 10.4. The van der Waals surface area contributed by atoms with Crippen molar-refractivity contribution in [2.24, 2.45) is 5.92 Å². The Balaban J connectivity index is 2.09. The van der Waals surface area contributed by atoms with E-state index in [0.29, 0.717) is 19.1 Å². The molecule has 1 aliphatic heterocycles. The van der Waals surface area contributed by atoms with Crippen molar-refractivity contribution >= 4 is 5.97 Å². The topological polar surface area (TPSA) is 58.6 Å². The molecular formula is C10H19NO3. The maximum absolute atomic E-state index is 10.7. The van der Waals surface area contributed by atoms with Crippen LogP contribution in [0.1, 0.15) is 26.2 Å². The van der Waals surface area contributed by atoms with E-state index in [-0.39, 0.29) is 5.92 Å². The predicted molar refractivity (Wildman–Crippen MR) is 53.3 cm³/mol. The summed E-state index contributed by atoms with van der Waals surface area (Å²) in [5.74, 6) is -0.983. The van der Waals surface area contributed by atoms with E-state index >= 15 is 0 Å². The van der Waals surface area contributed by atoms with Crippen LogP contribution in [0.2, 0.25) is 0 Å². The normalized spacial score (nSPS) is 23.6. The average Bonchev–Trinajstić information content (AvgIpc) is 2.64. The highest BCUT2D eigenvalue weighted by Gasteiger charge is 2.17. The van der Waals surface area contributed by atoms with E-state index in [9.17, 15) is 4.79 Å². The highest BCUT2D eigenvalue weighted by atomic mass is 16.5. The molecule has 1 fully saturated rings. The minimum atomic E-state index is -0.715. The van der Waals surface area contributed by atoms with Crippen molar-refractivity contribution < 1.29 is 14.6 Å². The number of carbonyl (C=O) groups is 1. The fourth-order valence-electron chi connectivity index (χ4n) is 1.63. The molecule has 0 aliphatic carbocycles. The van der Waals surface area contributed by atoms with Gasteiger partial charge in [0.25, 0.3) is 0 Å². The van der Waals surface area contributed by atoms with Gasteiger partial charge in [0.2, 0.25) is 0 Å². The molecule has 1 saturated heterocycles. The lowest BCUT2D eigenvalue weighted by Crippen LogP contribution is -2.33. The van der Waals surface area contributed by atoms with E-state index in [4.69, 9.17) is 9.84 Å². The summed E-state index contributed by atoms with van der Waals surface area (Å²) < 4.78 is 5.42. The highest BCUT2D eigenvalue weighted by Crippen LogP contribution is 2.10. The summed E-state index contributed by atoms with van der Waals surface area (Å²) in [6, 6.07) is 0. The second kappa shape index (κ2) is 5.98. The van der Waals surface area contributed by atoms with E-state index in [0.717, 1.165) is 26.0 Å². The van der Waals surface area contributed by atoms with Crippen LogP contribution in [0.3, 0.4) is 0 Å². The van der Waals surface area contributed by atoms with Crippen molar-refractivity contribution in [2.75, 3.05) is 19.7 Å². The van der Waals surface area contributed by atoms with Crippen molar-refractivity contribution in [1.82, 2.24) is 5.32 Å². The molecule has 0 saturated carbocycles. The molecule has 1 rings (SSSR count). The zero-order valence-electron chi connectivity index (χ0n) is 8.66. The van der Waals surface area contributed by atoms with Crippen molar-refractivity contribution in [3.05, 3.63) is 0 Å². The van der Waals surface area contributed by atoms with Gasteiger partial charge in [-0.2, -0.15) is 0 Å². The molecule has 14 heavy (non-hydrogen) atoms. The minimum absolute atomic E-state index is 0.267. The average molecular weight is 201 g/mol. The van der Waals surface area contributed by atoms with Gasteiger partial charge in [-0.15, -0.1) is 0 Å². The summed E-state index contributed by atoms with van der Waals surface area (Å²) in [6.45, 7) is 4.07. The number of carboxylic acids is 1. The zero-order valence-corrected chi connectivity index (χ0v) is 8.66. The van der Waals surface area contributed by atoms with Crippen molar-refractivity contribution in [3.8, 4) is 0 Å². The first-order chi connectivity index (χ1) is 6.74. The third-order valence-corrected chi connectivity index (χ3v) is 2.63. The van der Waals surface area contributed by atoms with Crippen LogP contribution < -0.4 is 5.32 Å². The van der Waals surface area contributed by atoms with Gasteiger partial charge in [0.15, 0.2) is 0 Å². The Morgan fingerprint density at radius 1 is 1.71 bits per heavy atom. The second-order valence-corrected chi connectivity index (χ2v) is 3.74. The number of nitrogens with one attached hydrogen (secondary N) is 1. The van der Waals surface area contributed by atoms with Crippen LogP contribution in [0.15, 0.2) is 0 Å². The molecular weight excluding hydrogens is 182 g/mol. The van der Waals surface area contributed by atoms with E-state index < -0.39 is 5.97 Å². The van der Waals surface area contributed by atoms with Crippen LogP contribution in [-0.2, 0) is 9.53 Å². The molecule has 0 aromatic heterocycles. The molecule has 4 heteroatoms. The molecule has 1 aliphatic rings. The van der Waals surface area contributed by atoms with E-state index in [1.807, 2.05) is 6.92 Å². The van der Waals surface area contributed by atoms with Gasteiger partial charge in [0.05, 0.1) is 12.0 Å². The lowest BCUT2D eigenvalue weighted by Gasteiger charge is -2.13. The summed E-state index contributed by atoms with van der Waals surface area (Å²) >= 11 is 0. The van der Waals surface area contributed by atoms with Gasteiger partial charge in [-0.25, -0.2) is 0 Å². The van der Waals surface area contributed by atoms with Crippen molar-refractivity contribution in [2.45, 2.75) is 32.3 Å². The van der Waals surface area contributed by atoms with Gasteiger partial charge in [-0.3, -0.25) is 4.79 Å². The molecule has 0 radical (unpaired) electrons. The monoisotopic (exact) mass is 201 g/mol. The van der Waals surface area contributed by atoms with Crippen LogP contribution in [0.4, 0.5) is 0 Å². The highest BCUT2D eigenvalue weighted by molar-refractivity contribution is 5.70. The summed E-state index contributed by atoms with van der Waals surface area (Å²) in [5.41, 5.74) is 0. The molecule has 2 atom stereocenters. The minimum Gasteiger partial charge on any atom is -0.481 e. The molecule has 2 unspecified atom stereocenters. The fraction of sp³-hybridized carbons (Fsp3) is 0.900. The maximum atomic E-state index is 10.7. The summed E-state index contributed by atoms with van der Waals surface area (Å²) in [7, 11) is 0. The van der Waals surface area contributed by atoms with Crippen LogP contribution in [0.25, 0.3) is 0 Å². The Bertz CT molecular complexity index is 178. The second-order valence-electron chi connectivity index (χ2n) is 3.74. The first-order valence-electron chi connectivity index (χ1n) is 5.29. The lowest BCUT2D eigenvalue weighted by molar-refractivity contribution is -0.141. The molecule has 82 valence electrons. The molecule has 0 aromatic carbocycles. The molecule has 0 bridgehead atoms.